The third-order valence-corrected chi connectivity index (χ3v) is 3.98. The molecule has 6 nitrogen and oxygen atoms in total. The van der Waals surface area contributed by atoms with Gasteiger partial charge in [-0.25, -0.2) is 0 Å². The first kappa shape index (κ1) is 20.4. The van der Waals surface area contributed by atoms with Crippen molar-refractivity contribution >= 4 is 24.3 Å². The van der Waals surface area contributed by atoms with Gasteiger partial charge in [0, 0.05) is 13.2 Å². The van der Waals surface area contributed by atoms with E-state index in [1.165, 1.54) is 0 Å². The lowest BCUT2D eigenvalue weighted by Gasteiger charge is -2.20. The molecule has 0 radical (unpaired) electrons. The third kappa shape index (κ3) is 6.11. The number of carboxylic acids is 1. The van der Waals surface area contributed by atoms with E-state index in [4.69, 9.17) is 9.84 Å². The summed E-state index contributed by atoms with van der Waals surface area (Å²) in [4.78, 5) is 24.8. The van der Waals surface area contributed by atoms with Gasteiger partial charge < -0.3 is 15.2 Å². The van der Waals surface area contributed by atoms with Crippen LogP contribution in [0.4, 0.5) is 0 Å². The van der Waals surface area contributed by atoms with E-state index in [1.807, 2.05) is 31.2 Å². The number of likely N-dealkylation sites (tertiary alicyclic amines) is 1. The molecule has 24 heavy (non-hydrogen) atoms. The lowest BCUT2D eigenvalue weighted by atomic mass is 10.1. The van der Waals surface area contributed by atoms with Crippen LogP contribution in [0.25, 0.3) is 0 Å². The Labute approximate surface area is 148 Å². The van der Waals surface area contributed by atoms with Crippen LogP contribution in [0.3, 0.4) is 0 Å². The molecule has 1 atom stereocenters. The molecule has 0 spiro atoms. The van der Waals surface area contributed by atoms with Crippen LogP contribution in [-0.4, -0.2) is 47.6 Å². The van der Waals surface area contributed by atoms with Crippen LogP contribution in [0.1, 0.15) is 30.9 Å². The zero-order valence-electron chi connectivity index (χ0n) is 13.9. The number of hydrogen-bond acceptors (Lipinski definition) is 4. The molecule has 7 heteroatoms. The van der Waals surface area contributed by atoms with Gasteiger partial charge in [0.15, 0.2) is 0 Å². The number of hydrogen-bond donors (Lipinski definition) is 2. The normalized spacial score (nSPS) is 17.3. The molecule has 0 saturated carbocycles. The van der Waals surface area contributed by atoms with Gasteiger partial charge in [0.1, 0.15) is 6.04 Å². The fourth-order valence-corrected chi connectivity index (χ4v) is 2.71. The summed E-state index contributed by atoms with van der Waals surface area (Å²) in [6.45, 7) is 4.48. The van der Waals surface area contributed by atoms with Crippen LogP contribution in [0, 0.1) is 0 Å². The molecule has 1 saturated heterocycles. The molecule has 1 heterocycles. The van der Waals surface area contributed by atoms with Crippen LogP contribution in [0.15, 0.2) is 24.3 Å². The van der Waals surface area contributed by atoms with Gasteiger partial charge in [-0.15, -0.1) is 12.4 Å². The van der Waals surface area contributed by atoms with Gasteiger partial charge in [-0.05, 0) is 37.4 Å². The second-order valence-electron chi connectivity index (χ2n) is 5.70. The molecule has 2 N–H and O–H groups in total. The monoisotopic (exact) mass is 356 g/mol. The van der Waals surface area contributed by atoms with Gasteiger partial charge >= 0.3 is 5.97 Å². The van der Waals surface area contributed by atoms with Crippen molar-refractivity contribution in [3.63, 3.8) is 0 Å². The second kappa shape index (κ2) is 10.3. The van der Waals surface area contributed by atoms with E-state index >= 15 is 0 Å². The Morgan fingerprint density at radius 1 is 1.29 bits per heavy atom. The largest absolute Gasteiger partial charge is 0.480 e. The molecule has 1 amide bonds. The molecule has 1 fully saturated rings. The van der Waals surface area contributed by atoms with Gasteiger partial charge in [-0.2, -0.15) is 0 Å². The topological polar surface area (TPSA) is 78.9 Å². The summed E-state index contributed by atoms with van der Waals surface area (Å²) in [7, 11) is 0. The highest BCUT2D eigenvalue weighted by atomic mass is 35.5. The molecule has 1 aliphatic rings. The maximum atomic E-state index is 12.0. The van der Waals surface area contributed by atoms with E-state index in [9.17, 15) is 9.59 Å². The number of nitrogens with zero attached hydrogens (tertiary/aromatic N) is 1. The first-order valence-electron chi connectivity index (χ1n) is 7.99. The Morgan fingerprint density at radius 2 is 1.96 bits per heavy atom. The first-order valence-corrected chi connectivity index (χ1v) is 7.99. The highest BCUT2D eigenvalue weighted by Crippen LogP contribution is 2.16. The zero-order valence-corrected chi connectivity index (χ0v) is 14.7. The number of benzene rings is 1. The highest BCUT2D eigenvalue weighted by molar-refractivity contribution is 5.85. The summed E-state index contributed by atoms with van der Waals surface area (Å²) in [5.41, 5.74) is 2.11. The molecule has 134 valence electrons. The number of nitrogens with one attached hydrogen (secondary N) is 1. The molecular formula is C17H25ClN2O4. The Kier molecular flexibility index (Phi) is 8.74. The standard InChI is InChI=1S/C17H24N2O4.ClH/c1-2-23-12-14-7-5-13(6-8-14)10-18-16(20)11-19-9-3-4-15(19)17(21)22;/h5-8,15H,2-4,9-12H2,1H3,(H,18,20)(H,21,22);1H. The number of carbonyl (C=O) groups excluding carboxylic acids is 1. The molecule has 0 bridgehead atoms. The molecule has 1 aromatic carbocycles. The minimum atomic E-state index is -0.847. The fraction of sp³-hybridized carbons (Fsp3) is 0.529. The molecule has 1 aliphatic heterocycles. The average Bonchev–Trinajstić information content (AvgIpc) is 3.00. The summed E-state index contributed by atoms with van der Waals surface area (Å²) >= 11 is 0. The van der Waals surface area contributed by atoms with Crippen molar-refractivity contribution in [3.8, 4) is 0 Å². The number of rotatable bonds is 8. The predicted molar refractivity (Wildman–Crippen MR) is 93.1 cm³/mol. The summed E-state index contributed by atoms with van der Waals surface area (Å²) in [6, 6.07) is 7.37. The lowest BCUT2D eigenvalue weighted by molar-refractivity contribution is -0.142. The number of halogens is 1. The summed E-state index contributed by atoms with van der Waals surface area (Å²) < 4.78 is 5.34. The minimum absolute atomic E-state index is 0. The van der Waals surface area contributed by atoms with Crippen LogP contribution in [0.5, 0.6) is 0 Å². The van der Waals surface area contributed by atoms with Crippen molar-refractivity contribution in [1.29, 1.82) is 0 Å². The van der Waals surface area contributed by atoms with E-state index in [-0.39, 0.29) is 24.9 Å². The maximum Gasteiger partial charge on any atom is 0.320 e. The molecule has 0 aromatic heterocycles. The van der Waals surface area contributed by atoms with Crippen LogP contribution < -0.4 is 5.32 Å². The highest BCUT2D eigenvalue weighted by Gasteiger charge is 2.31. The van der Waals surface area contributed by atoms with E-state index in [0.29, 0.717) is 32.7 Å². The third-order valence-electron chi connectivity index (χ3n) is 3.98. The summed E-state index contributed by atoms with van der Waals surface area (Å²) in [5.74, 6) is -0.989. The molecular weight excluding hydrogens is 332 g/mol. The van der Waals surface area contributed by atoms with E-state index in [0.717, 1.165) is 17.5 Å². The first-order chi connectivity index (χ1) is 11.1. The van der Waals surface area contributed by atoms with Crippen molar-refractivity contribution in [1.82, 2.24) is 10.2 Å². The Bertz CT molecular complexity index is 536. The average molecular weight is 357 g/mol. The van der Waals surface area contributed by atoms with Crippen molar-refractivity contribution in [2.75, 3.05) is 19.7 Å². The van der Waals surface area contributed by atoms with Crippen LogP contribution in [-0.2, 0) is 27.5 Å². The van der Waals surface area contributed by atoms with Crippen molar-refractivity contribution < 1.29 is 19.4 Å². The van der Waals surface area contributed by atoms with Crippen LogP contribution >= 0.6 is 12.4 Å². The van der Waals surface area contributed by atoms with Gasteiger partial charge in [0.05, 0.1) is 13.2 Å². The fourth-order valence-electron chi connectivity index (χ4n) is 2.71. The van der Waals surface area contributed by atoms with E-state index in [1.54, 1.807) is 4.90 Å². The Hall–Kier alpha value is -1.63. The van der Waals surface area contributed by atoms with Crippen molar-refractivity contribution in [3.05, 3.63) is 35.4 Å². The second-order valence-corrected chi connectivity index (χ2v) is 5.70. The SMILES string of the molecule is CCOCc1ccc(CNC(=O)CN2CCCC2C(=O)O)cc1.Cl. The van der Waals surface area contributed by atoms with E-state index < -0.39 is 12.0 Å². The molecule has 2 rings (SSSR count). The molecule has 0 aliphatic carbocycles. The Morgan fingerprint density at radius 3 is 2.58 bits per heavy atom. The number of carboxylic acid groups (broad SMARTS) is 1. The van der Waals surface area contributed by atoms with Crippen LogP contribution in [0.2, 0.25) is 0 Å². The number of aliphatic carboxylic acids is 1. The van der Waals surface area contributed by atoms with Crippen molar-refractivity contribution in [2.45, 2.75) is 39.0 Å². The van der Waals surface area contributed by atoms with Crippen molar-refractivity contribution in [2.24, 2.45) is 0 Å². The number of ether oxygens (including phenoxy) is 1. The van der Waals surface area contributed by atoms with Gasteiger partial charge in [0.2, 0.25) is 5.91 Å². The smallest absolute Gasteiger partial charge is 0.320 e. The molecule has 1 aromatic rings. The summed E-state index contributed by atoms with van der Waals surface area (Å²) in [5, 5.41) is 12.0. The lowest BCUT2D eigenvalue weighted by Crippen LogP contribution is -2.42. The van der Waals surface area contributed by atoms with Gasteiger partial charge in [0.25, 0.3) is 0 Å². The Balaban J connectivity index is 0.00000288. The molecule has 1 unspecified atom stereocenters. The number of carbonyl (C=O) groups is 2. The summed E-state index contributed by atoms with van der Waals surface area (Å²) in [6.07, 6.45) is 1.44. The maximum absolute atomic E-state index is 12.0. The minimum Gasteiger partial charge on any atom is -0.480 e. The van der Waals surface area contributed by atoms with Gasteiger partial charge in [-0.1, -0.05) is 24.3 Å². The zero-order chi connectivity index (χ0) is 16.7. The van der Waals surface area contributed by atoms with Gasteiger partial charge in [-0.3, -0.25) is 14.5 Å². The number of amides is 1. The van der Waals surface area contributed by atoms with E-state index in [2.05, 4.69) is 5.32 Å². The quantitative estimate of drug-likeness (QED) is 0.742. The predicted octanol–water partition coefficient (Wildman–Crippen LogP) is 1.81.